The van der Waals surface area contributed by atoms with Crippen molar-refractivity contribution in [3.8, 4) is 0 Å². The molecule has 2 heteroatoms. The van der Waals surface area contributed by atoms with Gasteiger partial charge in [0.25, 0.3) is 0 Å². The summed E-state index contributed by atoms with van der Waals surface area (Å²) >= 11 is 0. The molecule has 0 aliphatic heterocycles. The normalized spacial score (nSPS) is 40.7. The molecule has 2 nitrogen and oxygen atoms in total. The average Bonchev–Trinajstić information content (AvgIpc) is 2.88. The number of ether oxygens (including phenoxy) is 1. The van der Waals surface area contributed by atoms with Crippen molar-refractivity contribution in [1.82, 2.24) is 0 Å². The summed E-state index contributed by atoms with van der Waals surface area (Å²) < 4.78 is 5.73. The summed E-state index contributed by atoms with van der Waals surface area (Å²) in [5, 5.41) is 8.95. The van der Waals surface area contributed by atoms with Gasteiger partial charge in [-0.1, -0.05) is 13.3 Å². The van der Waals surface area contributed by atoms with E-state index in [0.717, 1.165) is 18.4 Å². The van der Waals surface area contributed by atoms with Gasteiger partial charge in [0.1, 0.15) is 0 Å². The molecule has 0 aromatic heterocycles. The minimum atomic E-state index is 0.405. The van der Waals surface area contributed by atoms with Gasteiger partial charge in [0, 0.05) is 13.2 Å². The number of rotatable bonds is 6. The van der Waals surface area contributed by atoms with Crippen LogP contribution < -0.4 is 0 Å². The maximum atomic E-state index is 8.95. The minimum absolute atomic E-state index is 0.405. The first-order chi connectivity index (χ1) is 6.85. The molecule has 0 bridgehead atoms. The van der Waals surface area contributed by atoms with E-state index in [0.29, 0.717) is 18.6 Å². The third kappa shape index (κ3) is 2.29. The molecule has 0 spiro atoms. The van der Waals surface area contributed by atoms with E-state index < -0.39 is 0 Å². The standard InChI is InChI=1S/C12H22O2/c1-2-3-4-14-11-5-9(6-11)12-7-10(12)8-13/h9-13H,2-8H2,1H3/t9?,10-,11?,12-/m0/s1. The fourth-order valence-corrected chi connectivity index (χ4v) is 2.54. The van der Waals surface area contributed by atoms with Gasteiger partial charge >= 0.3 is 0 Å². The summed E-state index contributed by atoms with van der Waals surface area (Å²) in [4.78, 5) is 0. The van der Waals surface area contributed by atoms with E-state index >= 15 is 0 Å². The van der Waals surface area contributed by atoms with Crippen LogP contribution in [0.1, 0.15) is 39.0 Å². The number of aliphatic hydroxyl groups is 1. The lowest BCUT2D eigenvalue weighted by Crippen LogP contribution is -2.33. The molecule has 0 aromatic rings. The van der Waals surface area contributed by atoms with E-state index in [1.54, 1.807) is 0 Å². The van der Waals surface area contributed by atoms with E-state index in [1.165, 1.54) is 32.1 Å². The topological polar surface area (TPSA) is 29.5 Å². The van der Waals surface area contributed by atoms with Crippen LogP contribution in [0.25, 0.3) is 0 Å². The number of aliphatic hydroxyl groups excluding tert-OH is 1. The summed E-state index contributed by atoms with van der Waals surface area (Å²) in [5.41, 5.74) is 0. The Kier molecular flexibility index (Phi) is 3.45. The fourth-order valence-electron chi connectivity index (χ4n) is 2.54. The highest BCUT2D eigenvalue weighted by atomic mass is 16.5. The van der Waals surface area contributed by atoms with Gasteiger partial charge < -0.3 is 9.84 Å². The van der Waals surface area contributed by atoms with Crippen LogP contribution in [0.4, 0.5) is 0 Å². The van der Waals surface area contributed by atoms with E-state index in [2.05, 4.69) is 6.92 Å². The molecular formula is C12H22O2. The van der Waals surface area contributed by atoms with Crippen LogP contribution in [-0.4, -0.2) is 24.4 Å². The predicted molar refractivity (Wildman–Crippen MR) is 56.1 cm³/mol. The highest BCUT2D eigenvalue weighted by molar-refractivity contribution is 4.97. The Morgan fingerprint density at radius 2 is 2.07 bits per heavy atom. The Bertz CT molecular complexity index is 175. The Morgan fingerprint density at radius 3 is 2.64 bits per heavy atom. The molecule has 2 aliphatic rings. The van der Waals surface area contributed by atoms with Gasteiger partial charge in [0.05, 0.1) is 6.10 Å². The second kappa shape index (κ2) is 4.63. The summed E-state index contributed by atoms with van der Waals surface area (Å²) in [6, 6.07) is 0. The average molecular weight is 198 g/mol. The Hall–Kier alpha value is -0.0800. The molecule has 0 saturated heterocycles. The van der Waals surface area contributed by atoms with E-state index in [4.69, 9.17) is 9.84 Å². The summed E-state index contributed by atoms with van der Waals surface area (Å²) in [5.74, 6) is 2.35. The number of unbranched alkanes of at least 4 members (excludes halogenated alkanes) is 1. The van der Waals surface area contributed by atoms with E-state index in [9.17, 15) is 0 Å². The minimum Gasteiger partial charge on any atom is -0.396 e. The first-order valence-corrected chi connectivity index (χ1v) is 6.07. The zero-order chi connectivity index (χ0) is 9.97. The Balaban J connectivity index is 1.52. The van der Waals surface area contributed by atoms with Crippen molar-refractivity contribution in [2.75, 3.05) is 13.2 Å². The van der Waals surface area contributed by atoms with Crippen molar-refractivity contribution < 1.29 is 9.84 Å². The smallest absolute Gasteiger partial charge is 0.0580 e. The van der Waals surface area contributed by atoms with Gasteiger partial charge in [0.15, 0.2) is 0 Å². The lowest BCUT2D eigenvalue weighted by molar-refractivity contribution is -0.0393. The molecular weight excluding hydrogens is 176 g/mol. The molecule has 0 heterocycles. The summed E-state index contributed by atoms with van der Waals surface area (Å²) in [6.07, 6.45) is 6.75. The highest BCUT2D eigenvalue weighted by Gasteiger charge is 2.47. The van der Waals surface area contributed by atoms with Gasteiger partial charge in [-0.15, -0.1) is 0 Å². The maximum Gasteiger partial charge on any atom is 0.0580 e. The van der Waals surface area contributed by atoms with Crippen LogP contribution in [0.3, 0.4) is 0 Å². The Morgan fingerprint density at radius 1 is 1.29 bits per heavy atom. The van der Waals surface area contributed by atoms with Crippen LogP contribution in [0.5, 0.6) is 0 Å². The molecule has 2 atom stereocenters. The number of hydrogen-bond acceptors (Lipinski definition) is 2. The lowest BCUT2D eigenvalue weighted by Gasteiger charge is -2.35. The van der Waals surface area contributed by atoms with Gasteiger partial charge in [-0.25, -0.2) is 0 Å². The van der Waals surface area contributed by atoms with Gasteiger partial charge in [-0.05, 0) is 43.4 Å². The second-order valence-corrected chi connectivity index (χ2v) is 4.92. The first-order valence-electron chi connectivity index (χ1n) is 6.07. The van der Waals surface area contributed by atoms with Crippen LogP contribution in [0.2, 0.25) is 0 Å². The molecule has 2 fully saturated rings. The lowest BCUT2D eigenvalue weighted by atomic mass is 9.78. The number of hydrogen-bond donors (Lipinski definition) is 1. The molecule has 2 aliphatic carbocycles. The quantitative estimate of drug-likeness (QED) is 0.663. The van der Waals surface area contributed by atoms with Crippen molar-refractivity contribution in [3.63, 3.8) is 0 Å². The van der Waals surface area contributed by atoms with E-state index in [1.807, 2.05) is 0 Å². The summed E-state index contributed by atoms with van der Waals surface area (Å²) in [7, 11) is 0. The largest absolute Gasteiger partial charge is 0.396 e. The molecule has 0 unspecified atom stereocenters. The highest BCUT2D eigenvalue weighted by Crippen LogP contribution is 2.51. The van der Waals surface area contributed by atoms with Crippen LogP contribution in [0.15, 0.2) is 0 Å². The zero-order valence-electron chi connectivity index (χ0n) is 9.11. The first kappa shape index (κ1) is 10.4. The van der Waals surface area contributed by atoms with Gasteiger partial charge in [-0.3, -0.25) is 0 Å². The summed E-state index contributed by atoms with van der Waals surface area (Å²) in [6.45, 7) is 3.55. The Labute approximate surface area is 86.6 Å². The molecule has 0 aromatic carbocycles. The molecule has 2 rings (SSSR count). The second-order valence-electron chi connectivity index (χ2n) is 4.92. The van der Waals surface area contributed by atoms with Crippen LogP contribution in [0, 0.1) is 17.8 Å². The third-order valence-electron chi connectivity index (χ3n) is 3.80. The predicted octanol–water partition coefficient (Wildman–Crippen LogP) is 2.21. The molecule has 0 amide bonds. The van der Waals surface area contributed by atoms with Crippen molar-refractivity contribution in [2.45, 2.75) is 45.1 Å². The monoisotopic (exact) mass is 198 g/mol. The maximum absolute atomic E-state index is 8.95. The fraction of sp³-hybridized carbons (Fsp3) is 1.00. The molecule has 2 saturated carbocycles. The molecule has 0 radical (unpaired) electrons. The van der Waals surface area contributed by atoms with Crippen molar-refractivity contribution >= 4 is 0 Å². The van der Waals surface area contributed by atoms with Crippen molar-refractivity contribution in [1.29, 1.82) is 0 Å². The third-order valence-corrected chi connectivity index (χ3v) is 3.80. The van der Waals surface area contributed by atoms with E-state index in [-0.39, 0.29) is 0 Å². The molecule has 14 heavy (non-hydrogen) atoms. The molecule has 82 valence electrons. The van der Waals surface area contributed by atoms with Gasteiger partial charge in [0.2, 0.25) is 0 Å². The van der Waals surface area contributed by atoms with Crippen molar-refractivity contribution in [3.05, 3.63) is 0 Å². The SMILES string of the molecule is CCCCOC1CC([C@@H]2C[C@H]2CO)C1. The van der Waals surface area contributed by atoms with Crippen LogP contribution in [-0.2, 0) is 4.74 Å². The molecule has 1 N–H and O–H groups in total. The van der Waals surface area contributed by atoms with Gasteiger partial charge in [-0.2, -0.15) is 0 Å². The zero-order valence-corrected chi connectivity index (χ0v) is 9.11. The van der Waals surface area contributed by atoms with Crippen molar-refractivity contribution in [2.24, 2.45) is 17.8 Å². The van der Waals surface area contributed by atoms with Crippen LogP contribution >= 0.6 is 0 Å².